The zero-order valence-electron chi connectivity index (χ0n) is 12.9. The highest BCUT2D eigenvalue weighted by Crippen LogP contribution is 2.43. The Labute approximate surface area is 117 Å². The van der Waals surface area contributed by atoms with E-state index in [0.717, 1.165) is 11.1 Å². The minimum Gasteiger partial charge on any atom is -0.427 e. The maximum atomic E-state index is 9.18. The normalized spacial score (nSPS) is 12.9. The van der Waals surface area contributed by atoms with Crippen molar-refractivity contribution in [1.82, 2.24) is 0 Å². The topological polar surface area (TPSA) is 49.7 Å². The Balaban J connectivity index is 3.59. The van der Waals surface area contributed by atoms with Crippen LogP contribution in [0, 0.1) is 6.92 Å². The number of rotatable bonds is 2. The van der Waals surface area contributed by atoms with Gasteiger partial charge in [0.15, 0.2) is 0 Å². The van der Waals surface area contributed by atoms with Crippen LogP contribution >= 0.6 is 8.60 Å². The molecule has 0 fully saturated rings. The lowest BCUT2D eigenvalue weighted by molar-refractivity contribution is 0.368. The fourth-order valence-electron chi connectivity index (χ4n) is 2.28. The van der Waals surface area contributed by atoms with Crippen LogP contribution in [0.5, 0.6) is 5.75 Å². The second-order valence-electron chi connectivity index (χ2n) is 7.03. The number of hydrogen-bond donors (Lipinski definition) is 2. The molecule has 108 valence electrons. The summed E-state index contributed by atoms with van der Waals surface area (Å²) < 4.78 is 5.26. The molecule has 1 aromatic rings. The fourth-order valence-corrected chi connectivity index (χ4v) is 2.60. The van der Waals surface area contributed by atoms with Gasteiger partial charge in [-0.05, 0) is 34.9 Å². The molecule has 0 atom stereocenters. The molecule has 0 aliphatic rings. The summed E-state index contributed by atoms with van der Waals surface area (Å²) in [7, 11) is -2.40. The second kappa shape index (κ2) is 5.40. The van der Waals surface area contributed by atoms with Crippen molar-refractivity contribution in [1.29, 1.82) is 0 Å². The molecular formula is C15H25O3P. The van der Waals surface area contributed by atoms with E-state index in [9.17, 15) is 9.79 Å². The van der Waals surface area contributed by atoms with Crippen molar-refractivity contribution in [3.05, 3.63) is 28.8 Å². The summed E-state index contributed by atoms with van der Waals surface area (Å²) in [6.45, 7) is 14.8. The molecule has 0 unspecified atom stereocenters. The average Bonchev–Trinajstić information content (AvgIpc) is 2.11. The van der Waals surface area contributed by atoms with Crippen molar-refractivity contribution >= 4 is 8.60 Å². The molecule has 3 nitrogen and oxygen atoms in total. The van der Waals surface area contributed by atoms with Gasteiger partial charge in [0.25, 0.3) is 0 Å². The Morgan fingerprint density at radius 1 is 0.947 bits per heavy atom. The highest BCUT2D eigenvalue weighted by molar-refractivity contribution is 7.39. The molecule has 0 aliphatic carbocycles. The van der Waals surface area contributed by atoms with E-state index >= 15 is 0 Å². The van der Waals surface area contributed by atoms with Crippen LogP contribution in [0.1, 0.15) is 58.2 Å². The molecule has 4 heteroatoms. The van der Waals surface area contributed by atoms with Crippen molar-refractivity contribution in [2.45, 2.75) is 59.3 Å². The Morgan fingerprint density at radius 3 is 1.84 bits per heavy atom. The molecular weight excluding hydrogens is 259 g/mol. The molecule has 2 N–H and O–H groups in total. The van der Waals surface area contributed by atoms with Crippen LogP contribution in [0.25, 0.3) is 0 Å². The third-order valence-corrected chi connectivity index (χ3v) is 3.34. The molecule has 0 aromatic heterocycles. The highest BCUT2D eigenvalue weighted by atomic mass is 31.2. The van der Waals surface area contributed by atoms with Crippen molar-refractivity contribution in [3.8, 4) is 5.75 Å². The summed E-state index contributed by atoms with van der Waals surface area (Å²) in [5, 5.41) is 0. The molecule has 0 amide bonds. The minimum absolute atomic E-state index is 0.0274. The first-order valence-electron chi connectivity index (χ1n) is 6.44. The van der Waals surface area contributed by atoms with E-state index in [1.165, 1.54) is 5.56 Å². The molecule has 0 radical (unpaired) electrons. The van der Waals surface area contributed by atoms with E-state index in [0.29, 0.717) is 5.75 Å². The van der Waals surface area contributed by atoms with Crippen LogP contribution in [0.4, 0.5) is 0 Å². The largest absolute Gasteiger partial charge is 0.427 e. The molecule has 0 bridgehead atoms. The summed E-state index contributed by atoms with van der Waals surface area (Å²) in [6, 6.07) is 4.03. The third-order valence-electron chi connectivity index (χ3n) is 2.98. The summed E-state index contributed by atoms with van der Waals surface area (Å²) in [6.07, 6.45) is 0. The average molecular weight is 284 g/mol. The quantitative estimate of drug-likeness (QED) is 0.801. The van der Waals surface area contributed by atoms with Crippen molar-refractivity contribution in [2.24, 2.45) is 0 Å². The summed E-state index contributed by atoms with van der Waals surface area (Å²) in [4.78, 5) is 18.4. The van der Waals surface area contributed by atoms with Crippen molar-refractivity contribution < 1.29 is 14.3 Å². The Kier molecular flexibility index (Phi) is 4.66. The lowest BCUT2D eigenvalue weighted by Gasteiger charge is -2.32. The van der Waals surface area contributed by atoms with E-state index in [1.807, 2.05) is 13.0 Å². The molecule has 1 aromatic carbocycles. The van der Waals surface area contributed by atoms with E-state index < -0.39 is 8.60 Å². The van der Waals surface area contributed by atoms with Crippen LogP contribution in [-0.4, -0.2) is 9.79 Å². The van der Waals surface area contributed by atoms with Crippen LogP contribution in [0.15, 0.2) is 12.1 Å². The number of benzene rings is 1. The van der Waals surface area contributed by atoms with E-state index in [-0.39, 0.29) is 10.8 Å². The molecule has 0 aliphatic heterocycles. The summed E-state index contributed by atoms with van der Waals surface area (Å²) >= 11 is 0. The minimum atomic E-state index is -2.40. The monoisotopic (exact) mass is 284 g/mol. The van der Waals surface area contributed by atoms with E-state index in [1.54, 1.807) is 0 Å². The van der Waals surface area contributed by atoms with E-state index in [4.69, 9.17) is 4.52 Å². The van der Waals surface area contributed by atoms with Gasteiger partial charge in [-0.2, -0.15) is 0 Å². The lowest BCUT2D eigenvalue weighted by Crippen LogP contribution is -2.23. The van der Waals surface area contributed by atoms with Gasteiger partial charge in [0.1, 0.15) is 5.75 Å². The Hall–Kier alpha value is -0.630. The Bertz CT molecular complexity index is 454. The maximum Gasteiger partial charge on any atom is 0.391 e. The molecule has 0 saturated carbocycles. The zero-order valence-corrected chi connectivity index (χ0v) is 13.8. The van der Waals surface area contributed by atoms with Gasteiger partial charge in [-0.15, -0.1) is 0 Å². The molecule has 19 heavy (non-hydrogen) atoms. The number of aryl methyl sites for hydroxylation is 1. The van der Waals surface area contributed by atoms with Gasteiger partial charge in [0, 0.05) is 5.56 Å². The smallest absolute Gasteiger partial charge is 0.391 e. The fraction of sp³-hybridized carbons (Fsp3) is 0.600. The third kappa shape index (κ3) is 4.17. The summed E-state index contributed by atoms with van der Waals surface area (Å²) in [5.41, 5.74) is 3.13. The molecule has 0 spiro atoms. The standard InChI is InChI=1S/C15H25O3P/c1-10-8-11(14(2,3)4)13(15(5,6)7)12(9-10)18-19(16)17/h8-9,16-17H,1-7H3. The van der Waals surface area contributed by atoms with Gasteiger partial charge >= 0.3 is 8.60 Å². The number of hydrogen-bond acceptors (Lipinski definition) is 3. The predicted octanol–water partition coefficient (Wildman–Crippen LogP) is 4.18. The Morgan fingerprint density at radius 2 is 1.47 bits per heavy atom. The molecule has 0 saturated heterocycles. The second-order valence-corrected chi connectivity index (χ2v) is 7.72. The van der Waals surface area contributed by atoms with Crippen LogP contribution < -0.4 is 4.52 Å². The van der Waals surface area contributed by atoms with Gasteiger partial charge in [0.2, 0.25) is 0 Å². The highest BCUT2D eigenvalue weighted by Gasteiger charge is 2.29. The molecule has 0 heterocycles. The predicted molar refractivity (Wildman–Crippen MR) is 80.6 cm³/mol. The maximum absolute atomic E-state index is 9.18. The first kappa shape index (κ1) is 16.4. The van der Waals surface area contributed by atoms with Crippen molar-refractivity contribution in [2.75, 3.05) is 0 Å². The lowest BCUT2D eigenvalue weighted by atomic mass is 9.74. The van der Waals surface area contributed by atoms with Crippen LogP contribution in [0.2, 0.25) is 0 Å². The summed E-state index contributed by atoms with van der Waals surface area (Å²) in [5.74, 6) is 0.577. The molecule has 1 rings (SSSR count). The van der Waals surface area contributed by atoms with E-state index in [2.05, 4.69) is 47.6 Å². The van der Waals surface area contributed by atoms with Gasteiger partial charge in [-0.1, -0.05) is 47.6 Å². The first-order chi connectivity index (χ1) is 8.43. The first-order valence-corrected chi connectivity index (χ1v) is 7.61. The van der Waals surface area contributed by atoms with Gasteiger partial charge < -0.3 is 14.3 Å². The zero-order chi connectivity index (χ0) is 15.0. The van der Waals surface area contributed by atoms with Gasteiger partial charge in [-0.3, -0.25) is 0 Å². The van der Waals surface area contributed by atoms with Gasteiger partial charge in [-0.25, -0.2) is 0 Å². The SMILES string of the molecule is Cc1cc(OP(O)O)c(C(C)(C)C)c(C(C)(C)C)c1. The van der Waals surface area contributed by atoms with Crippen LogP contribution in [0.3, 0.4) is 0 Å². The van der Waals surface area contributed by atoms with Gasteiger partial charge in [0.05, 0.1) is 0 Å². The van der Waals surface area contributed by atoms with Crippen LogP contribution in [-0.2, 0) is 10.8 Å². The van der Waals surface area contributed by atoms with Crippen molar-refractivity contribution in [3.63, 3.8) is 0 Å².